The molecule has 28 heavy (non-hydrogen) atoms. The Labute approximate surface area is 159 Å². The molecular formula is C19H19F3N4O2. The fourth-order valence-electron chi connectivity index (χ4n) is 2.60. The molecule has 0 aliphatic carbocycles. The van der Waals surface area contributed by atoms with Gasteiger partial charge in [-0.2, -0.15) is 0 Å². The van der Waals surface area contributed by atoms with Gasteiger partial charge >= 0.3 is 6.36 Å². The number of phenols is 1. The number of benzene rings is 2. The second-order valence-electron chi connectivity index (χ2n) is 6.19. The van der Waals surface area contributed by atoms with E-state index in [1.54, 1.807) is 12.1 Å². The highest BCUT2D eigenvalue weighted by Gasteiger charge is 2.31. The highest BCUT2D eigenvalue weighted by atomic mass is 19.4. The number of para-hydroxylation sites is 1. The Morgan fingerprint density at radius 1 is 1.18 bits per heavy atom. The number of hydrogen-bond acceptors (Lipinski definition) is 6. The van der Waals surface area contributed by atoms with Gasteiger partial charge in [-0.25, -0.2) is 9.97 Å². The normalized spacial score (nSPS) is 12.8. The number of nitrogens with two attached hydrogens (primary N) is 1. The fourth-order valence-corrected chi connectivity index (χ4v) is 2.60. The SMILES string of the molecule is CC[C@@H](N)CNc1nc(-c2cc(OC(F)(F)F)ccc2O)nc2ccccc12. The van der Waals surface area contributed by atoms with Gasteiger partial charge in [0.2, 0.25) is 0 Å². The van der Waals surface area contributed by atoms with E-state index in [1.165, 1.54) is 0 Å². The molecule has 2 aromatic carbocycles. The van der Waals surface area contributed by atoms with Crippen molar-refractivity contribution in [2.24, 2.45) is 5.73 Å². The lowest BCUT2D eigenvalue weighted by Crippen LogP contribution is -2.28. The zero-order chi connectivity index (χ0) is 20.3. The fraction of sp³-hybridized carbons (Fsp3) is 0.263. The number of aromatic hydroxyl groups is 1. The molecule has 0 unspecified atom stereocenters. The molecule has 0 aliphatic heterocycles. The van der Waals surface area contributed by atoms with Crippen molar-refractivity contribution >= 4 is 16.7 Å². The summed E-state index contributed by atoms with van der Waals surface area (Å²) in [7, 11) is 0. The Morgan fingerprint density at radius 2 is 1.93 bits per heavy atom. The molecule has 0 fully saturated rings. The van der Waals surface area contributed by atoms with E-state index in [4.69, 9.17) is 5.73 Å². The monoisotopic (exact) mass is 392 g/mol. The molecule has 0 spiro atoms. The van der Waals surface area contributed by atoms with Gasteiger partial charge < -0.3 is 20.9 Å². The van der Waals surface area contributed by atoms with E-state index >= 15 is 0 Å². The van der Waals surface area contributed by atoms with Gasteiger partial charge in [0.05, 0.1) is 11.1 Å². The van der Waals surface area contributed by atoms with Crippen LogP contribution in [0.25, 0.3) is 22.3 Å². The molecule has 148 valence electrons. The first kappa shape index (κ1) is 19.7. The minimum atomic E-state index is -4.85. The summed E-state index contributed by atoms with van der Waals surface area (Å²) >= 11 is 0. The third-order valence-corrected chi connectivity index (χ3v) is 4.10. The largest absolute Gasteiger partial charge is 0.573 e. The van der Waals surface area contributed by atoms with Crippen LogP contribution >= 0.6 is 0 Å². The molecule has 1 atom stereocenters. The number of nitrogens with zero attached hydrogens (tertiary/aromatic N) is 2. The number of halogens is 3. The van der Waals surface area contributed by atoms with E-state index in [2.05, 4.69) is 20.0 Å². The number of nitrogens with one attached hydrogen (secondary N) is 1. The summed E-state index contributed by atoms with van der Waals surface area (Å²) in [6, 6.07) is 10.3. The van der Waals surface area contributed by atoms with Gasteiger partial charge in [-0.3, -0.25) is 0 Å². The van der Waals surface area contributed by atoms with Crippen molar-refractivity contribution < 1.29 is 23.0 Å². The van der Waals surface area contributed by atoms with Crippen molar-refractivity contribution in [3.63, 3.8) is 0 Å². The van der Waals surface area contributed by atoms with Crippen LogP contribution < -0.4 is 15.8 Å². The number of aromatic nitrogens is 2. The number of hydrogen-bond donors (Lipinski definition) is 3. The minimum Gasteiger partial charge on any atom is -0.507 e. The average Bonchev–Trinajstić information content (AvgIpc) is 2.66. The van der Waals surface area contributed by atoms with Crippen LogP contribution in [0.15, 0.2) is 42.5 Å². The summed E-state index contributed by atoms with van der Waals surface area (Å²) in [5, 5.41) is 14.0. The maximum Gasteiger partial charge on any atom is 0.573 e. The van der Waals surface area contributed by atoms with E-state index in [0.717, 1.165) is 30.0 Å². The van der Waals surface area contributed by atoms with Gasteiger partial charge in [0.1, 0.15) is 17.3 Å². The molecule has 1 heterocycles. The Kier molecular flexibility index (Phi) is 5.55. The number of phenolic OH excluding ortho intramolecular Hbond substituents is 1. The van der Waals surface area contributed by atoms with Crippen LogP contribution in [0.5, 0.6) is 11.5 Å². The van der Waals surface area contributed by atoms with Crippen molar-refractivity contribution in [1.82, 2.24) is 9.97 Å². The lowest BCUT2D eigenvalue weighted by molar-refractivity contribution is -0.274. The second-order valence-corrected chi connectivity index (χ2v) is 6.19. The molecule has 9 heteroatoms. The first-order valence-corrected chi connectivity index (χ1v) is 8.62. The molecule has 6 nitrogen and oxygen atoms in total. The Bertz CT molecular complexity index is 979. The van der Waals surface area contributed by atoms with Crippen molar-refractivity contribution in [1.29, 1.82) is 0 Å². The standard InChI is InChI=1S/C19H19F3N4O2/c1-2-11(23)10-24-17-13-5-3-4-6-15(13)25-18(26-17)14-9-12(7-8-16(14)27)28-19(20,21)22/h3-9,11,27H,2,10,23H2,1H3,(H,24,25,26)/t11-/m1/s1. The van der Waals surface area contributed by atoms with E-state index < -0.39 is 12.1 Å². The first-order chi connectivity index (χ1) is 13.3. The second kappa shape index (κ2) is 7.89. The van der Waals surface area contributed by atoms with Gasteiger partial charge in [0.25, 0.3) is 0 Å². The third-order valence-electron chi connectivity index (χ3n) is 4.10. The smallest absolute Gasteiger partial charge is 0.507 e. The summed E-state index contributed by atoms with van der Waals surface area (Å²) < 4.78 is 41.5. The molecule has 0 amide bonds. The highest BCUT2D eigenvalue weighted by molar-refractivity contribution is 5.91. The maximum absolute atomic E-state index is 12.5. The molecule has 1 aromatic heterocycles. The van der Waals surface area contributed by atoms with Crippen LogP contribution in [0.1, 0.15) is 13.3 Å². The molecule has 3 rings (SSSR count). The predicted molar refractivity (Wildman–Crippen MR) is 100 cm³/mol. The molecule has 0 aliphatic rings. The van der Waals surface area contributed by atoms with Crippen LogP contribution in [-0.2, 0) is 0 Å². The van der Waals surface area contributed by atoms with E-state index in [0.29, 0.717) is 17.9 Å². The maximum atomic E-state index is 12.5. The van der Waals surface area contributed by atoms with Gasteiger partial charge in [-0.15, -0.1) is 13.2 Å². The van der Waals surface area contributed by atoms with Crippen LogP contribution in [-0.4, -0.2) is 34.0 Å². The summed E-state index contributed by atoms with van der Waals surface area (Å²) in [4.78, 5) is 8.77. The Morgan fingerprint density at radius 3 is 2.64 bits per heavy atom. The van der Waals surface area contributed by atoms with Crippen molar-refractivity contribution in [3.05, 3.63) is 42.5 Å². The van der Waals surface area contributed by atoms with Crippen LogP contribution in [0.4, 0.5) is 19.0 Å². The average molecular weight is 392 g/mol. The van der Waals surface area contributed by atoms with Gasteiger partial charge in [0, 0.05) is 18.0 Å². The number of ether oxygens (including phenoxy) is 1. The van der Waals surface area contributed by atoms with Crippen molar-refractivity contribution in [2.45, 2.75) is 25.7 Å². The minimum absolute atomic E-state index is 0.0235. The van der Waals surface area contributed by atoms with Gasteiger partial charge in [0.15, 0.2) is 5.82 Å². The van der Waals surface area contributed by atoms with E-state index in [9.17, 15) is 18.3 Å². The lowest BCUT2D eigenvalue weighted by Gasteiger charge is -2.15. The van der Waals surface area contributed by atoms with Crippen LogP contribution in [0.3, 0.4) is 0 Å². The third kappa shape index (κ3) is 4.61. The molecular weight excluding hydrogens is 373 g/mol. The zero-order valence-corrected chi connectivity index (χ0v) is 15.0. The predicted octanol–water partition coefficient (Wildman–Crippen LogP) is 4.05. The number of fused-ring (bicyclic) bond motifs is 1. The zero-order valence-electron chi connectivity index (χ0n) is 15.0. The summed E-state index contributed by atoms with van der Waals surface area (Å²) in [5.74, 6) is -0.192. The summed E-state index contributed by atoms with van der Waals surface area (Å²) in [5.41, 5.74) is 6.54. The van der Waals surface area contributed by atoms with E-state index in [1.807, 2.05) is 19.1 Å². The van der Waals surface area contributed by atoms with Gasteiger partial charge in [-0.05, 0) is 36.8 Å². The topological polar surface area (TPSA) is 93.3 Å². The molecule has 3 aromatic rings. The van der Waals surface area contributed by atoms with Crippen LogP contribution in [0.2, 0.25) is 0 Å². The Balaban J connectivity index is 2.07. The van der Waals surface area contributed by atoms with E-state index in [-0.39, 0.29) is 23.2 Å². The number of alkyl halides is 3. The van der Waals surface area contributed by atoms with Crippen LogP contribution in [0, 0.1) is 0 Å². The quantitative estimate of drug-likeness (QED) is 0.586. The lowest BCUT2D eigenvalue weighted by atomic mass is 10.1. The molecule has 4 N–H and O–H groups in total. The number of rotatable bonds is 6. The number of anilines is 1. The molecule has 0 radical (unpaired) electrons. The Hall–Kier alpha value is -3.07. The highest BCUT2D eigenvalue weighted by Crippen LogP contribution is 2.34. The molecule has 0 saturated carbocycles. The van der Waals surface area contributed by atoms with Crippen molar-refractivity contribution in [2.75, 3.05) is 11.9 Å². The summed E-state index contributed by atoms with van der Waals surface area (Å²) in [6.45, 7) is 2.42. The van der Waals surface area contributed by atoms with Crippen molar-refractivity contribution in [3.8, 4) is 22.9 Å². The summed E-state index contributed by atoms with van der Waals surface area (Å²) in [6.07, 6.45) is -4.08. The van der Waals surface area contributed by atoms with Gasteiger partial charge in [-0.1, -0.05) is 19.1 Å². The molecule has 0 saturated heterocycles. The first-order valence-electron chi connectivity index (χ1n) is 8.62. The molecule has 0 bridgehead atoms.